The van der Waals surface area contributed by atoms with Crippen molar-refractivity contribution in [1.82, 2.24) is 4.90 Å². The maximum atomic E-state index is 15.3. The van der Waals surface area contributed by atoms with E-state index in [9.17, 15) is 45.5 Å². The fourth-order valence-electron chi connectivity index (χ4n) is 7.65. The summed E-state index contributed by atoms with van der Waals surface area (Å²) in [6, 6.07) is 6.39. The van der Waals surface area contributed by atoms with Gasteiger partial charge >= 0.3 is 24.7 Å². The third kappa shape index (κ3) is 6.95. The number of hydrogen-bond acceptors (Lipinski definition) is 4. The van der Waals surface area contributed by atoms with Crippen LogP contribution in [0.3, 0.4) is 0 Å². The minimum atomic E-state index is -6.29. The molecule has 2 heterocycles. The van der Waals surface area contributed by atoms with E-state index in [2.05, 4.69) is 0 Å². The lowest BCUT2D eigenvalue weighted by Crippen LogP contribution is -2.55. The van der Waals surface area contributed by atoms with Crippen molar-refractivity contribution >= 4 is 29.3 Å². The molecule has 0 bridgehead atoms. The van der Waals surface area contributed by atoms with Crippen LogP contribution < -0.4 is 4.90 Å². The van der Waals surface area contributed by atoms with Crippen molar-refractivity contribution in [3.05, 3.63) is 123 Å². The van der Waals surface area contributed by atoms with Crippen LogP contribution in [0, 0.1) is 0 Å². The van der Waals surface area contributed by atoms with Crippen molar-refractivity contribution in [3.63, 3.8) is 0 Å². The van der Waals surface area contributed by atoms with Crippen molar-refractivity contribution in [1.29, 1.82) is 0 Å². The van der Waals surface area contributed by atoms with E-state index in [1.807, 2.05) is 0 Å². The van der Waals surface area contributed by atoms with Gasteiger partial charge in [-0.25, -0.2) is 4.90 Å². The lowest BCUT2D eigenvalue weighted by molar-refractivity contribution is -0.288. The molecule has 4 aromatic rings. The summed E-state index contributed by atoms with van der Waals surface area (Å²) < 4.78 is 179. The van der Waals surface area contributed by atoms with Crippen LogP contribution in [0.15, 0.2) is 72.8 Å². The molecule has 2 aliphatic heterocycles. The summed E-state index contributed by atoms with van der Waals surface area (Å²) in [4.78, 5) is 54.7. The van der Waals surface area contributed by atoms with Crippen LogP contribution in [0.25, 0.3) is 11.1 Å². The second-order valence-corrected chi connectivity index (χ2v) is 16.0. The lowest BCUT2D eigenvalue weighted by atomic mass is 9.71. The van der Waals surface area contributed by atoms with Crippen LogP contribution in [0.2, 0.25) is 0 Å². The first-order valence-electron chi connectivity index (χ1n) is 18.5. The molecule has 324 valence electrons. The number of anilines is 1. The van der Waals surface area contributed by atoms with E-state index in [4.69, 9.17) is 0 Å². The number of nitrogens with zero attached hydrogens (tertiary/aromatic N) is 2. The summed E-state index contributed by atoms with van der Waals surface area (Å²) in [5.74, 6) is -5.22. The van der Waals surface area contributed by atoms with Crippen LogP contribution in [0.1, 0.15) is 124 Å². The average molecular weight is 871 g/mol. The first kappa shape index (κ1) is 44.9. The number of alkyl halides is 12. The normalized spacial score (nSPS) is 15.6. The Kier molecular flexibility index (Phi) is 10.4. The van der Waals surface area contributed by atoms with Crippen molar-refractivity contribution in [3.8, 4) is 11.1 Å². The number of halogens is 12. The van der Waals surface area contributed by atoms with Gasteiger partial charge in [-0.1, -0.05) is 58.0 Å². The fourth-order valence-corrected chi connectivity index (χ4v) is 7.65. The Balaban J connectivity index is 1.49. The summed E-state index contributed by atoms with van der Waals surface area (Å²) in [6.45, 7) is 9.49. The Labute approximate surface area is 340 Å². The molecule has 0 saturated carbocycles. The van der Waals surface area contributed by atoms with E-state index in [0.717, 1.165) is 12.1 Å². The van der Waals surface area contributed by atoms with Crippen molar-refractivity contribution in [2.45, 2.75) is 95.5 Å². The van der Waals surface area contributed by atoms with E-state index in [0.29, 0.717) is 41.7 Å². The number of imide groups is 2. The molecule has 4 aromatic carbocycles. The molecule has 0 N–H and O–H groups in total. The number of carbonyl (C=O) groups excluding carboxylic acids is 4. The standard InChI is InChI=1S/C43H34F12N2O4/c1-7-37(3,4)21-9-13-25(31(19-21)40(44,45)46)26-16-12-24(20-32(26)41(47,48)49)56-33(58)27-14-10-22(17-29(27)34(56)59)39(42(50,51)52,43(53,54)55)23-11-15-28-30(18-23)36(61)57(35(28)60)38(5,6)8-2/h9-20H,7-8H2,1-6H3. The van der Waals surface area contributed by atoms with Gasteiger partial charge in [0.2, 0.25) is 5.41 Å². The summed E-state index contributed by atoms with van der Waals surface area (Å²) in [6.07, 6.45) is -22.6. The first-order valence-corrected chi connectivity index (χ1v) is 18.5. The van der Waals surface area contributed by atoms with Gasteiger partial charge in [0.1, 0.15) is 0 Å². The van der Waals surface area contributed by atoms with Gasteiger partial charge in [-0.05, 0) is 102 Å². The molecule has 6 nitrogen and oxygen atoms in total. The largest absolute Gasteiger partial charge is 0.417 e. The summed E-state index contributed by atoms with van der Waals surface area (Å²) in [5.41, 5.74) is -19.1. The minimum absolute atomic E-state index is 0.0532. The molecular formula is C43H34F12N2O4. The van der Waals surface area contributed by atoms with E-state index >= 15 is 26.3 Å². The molecule has 0 unspecified atom stereocenters. The average Bonchev–Trinajstić information content (AvgIpc) is 3.56. The van der Waals surface area contributed by atoms with Gasteiger partial charge in [0.15, 0.2) is 0 Å². The van der Waals surface area contributed by atoms with Gasteiger partial charge in [-0.15, -0.1) is 0 Å². The van der Waals surface area contributed by atoms with Gasteiger partial charge in [-0.2, -0.15) is 52.7 Å². The highest BCUT2D eigenvalue weighted by Crippen LogP contribution is 2.57. The molecule has 61 heavy (non-hydrogen) atoms. The minimum Gasteiger partial charge on any atom is -0.269 e. The van der Waals surface area contributed by atoms with E-state index in [-0.39, 0.29) is 41.1 Å². The lowest BCUT2D eigenvalue weighted by Gasteiger charge is -2.38. The number of benzene rings is 4. The number of amides is 4. The van der Waals surface area contributed by atoms with Gasteiger partial charge in [0, 0.05) is 5.54 Å². The predicted octanol–water partition coefficient (Wildman–Crippen LogP) is 12.1. The SMILES string of the molecule is CCC(C)(C)c1ccc(-c2ccc(N3C(=O)c4ccc(C(c5ccc6c(c5)C(=O)N(C(C)(C)CC)C6=O)(C(F)(F)F)C(F)(F)F)cc4C3=O)cc2C(F)(F)F)c(C(F)(F)F)c1. The number of hydrogen-bond donors (Lipinski definition) is 0. The Morgan fingerprint density at radius 1 is 0.443 bits per heavy atom. The van der Waals surface area contributed by atoms with Crippen molar-refractivity contribution in [2.75, 3.05) is 4.90 Å². The Morgan fingerprint density at radius 2 is 0.836 bits per heavy atom. The Hall–Kier alpha value is -5.68. The van der Waals surface area contributed by atoms with E-state index < -0.39 is 126 Å². The van der Waals surface area contributed by atoms with E-state index in [1.165, 1.54) is 19.9 Å². The van der Waals surface area contributed by atoms with Crippen LogP contribution in [-0.2, 0) is 23.2 Å². The third-order valence-corrected chi connectivity index (χ3v) is 11.8. The molecular weight excluding hydrogens is 836 g/mol. The highest BCUT2D eigenvalue weighted by Gasteiger charge is 2.73. The summed E-state index contributed by atoms with van der Waals surface area (Å²) in [5, 5.41) is 0. The molecule has 0 saturated heterocycles. The van der Waals surface area contributed by atoms with Crippen LogP contribution in [-0.4, -0.2) is 46.4 Å². The summed E-state index contributed by atoms with van der Waals surface area (Å²) in [7, 11) is 0. The molecule has 0 fully saturated rings. The predicted molar refractivity (Wildman–Crippen MR) is 197 cm³/mol. The molecule has 4 amide bonds. The van der Waals surface area contributed by atoms with Crippen molar-refractivity contribution in [2.24, 2.45) is 0 Å². The Bertz CT molecular complexity index is 2500. The monoisotopic (exact) mass is 870 g/mol. The molecule has 18 heteroatoms. The number of fused-ring (bicyclic) bond motifs is 2. The zero-order valence-corrected chi connectivity index (χ0v) is 32.9. The topological polar surface area (TPSA) is 74.8 Å². The molecule has 0 aliphatic carbocycles. The quantitative estimate of drug-likeness (QED) is 0.131. The maximum absolute atomic E-state index is 15.3. The highest BCUT2D eigenvalue weighted by atomic mass is 19.4. The van der Waals surface area contributed by atoms with Gasteiger partial charge < -0.3 is 0 Å². The summed E-state index contributed by atoms with van der Waals surface area (Å²) >= 11 is 0. The second kappa shape index (κ2) is 14.2. The van der Waals surface area contributed by atoms with Crippen LogP contribution in [0.4, 0.5) is 58.4 Å². The molecule has 6 rings (SSSR count). The second-order valence-electron chi connectivity index (χ2n) is 16.0. The Morgan fingerprint density at radius 3 is 1.30 bits per heavy atom. The molecule has 0 aromatic heterocycles. The first-order chi connectivity index (χ1) is 27.9. The van der Waals surface area contributed by atoms with Crippen molar-refractivity contribution < 1.29 is 71.9 Å². The number of carbonyl (C=O) groups is 4. The number of rotatable bonds is 8. The van der Waals surface area contributed by atoms with Crippen LogP contribution >= 0.6 is 0 Å². The van der Waals surface area contributed by atoms with E-state index in [1.54, 1.807) is 27.7 Å². The molecule has 2 aliphatic rings. The van der Waals surface area contributed by atoms with Gasteiger partial charge in [0.25, 0.3) is 23.6 Å². The zero-order valence-electron chi connectivity index (χ0n) is 32.9. The molecule has 0 atom stereocenters. The molecule has 0 radical (unpaired) electrons. The zero-order chi connectivity index (χ0) is 45.8. The fraction of sp³-hybridized carbons (Fsp3) is 0.349. The van der Waals surface area contributed by atoms with Gasteiger partial charge in [-0.3, -0.25) is 24.1 Å². The third-order valence-electron chi connectivity index (χ3n) is 11.8. The van der Waals surface area contributed by atoms with Gasteiger partial charge in [0.05, 0.1) is 39.1 Å². The highest BCUT2D eigenvalue weighted by molar-refractivity contribution is 6.34. The van der Waals surface area contributed by atoms with Crippen LogP contribution in [0.5, 0.6) is 0 Å². The molecule has 0 spiro atoms. The maximum Gasteiger partial charge on any atom is 0.417 e. The smallest absolute Gasteiger partial charge is 0.269 e.